The van der Waals surface area contributed by atoms with Gasteiger partial charge in [-0.1, -0.05) is 55.4 Å². The van der Waals surface area contributed by atoms with Gasteiger partial charge in [-0.2, -0.15) is 0 Å². The van der Waals surface area contributed by atoms with Crippen molar-refractivity contribution in [2.75, 3.05) is 82.7 Å². The van der Waals surface area contributed by atoms with Gasteiger partial charge in [0.1, 0.15) is 19.1 Å². The molecule has 3 aromatic heterocycles. The summed E-state index contributed by atoms with van der Waals surface area (Å²) in [6.45, 7) is 7.15. The Bertz CT molecular complexity index is 3460. The minimum Gasteiger partial charge on any atom is -0.491 e. The van der Waals surface area contributed by atoms with Crippen molar-refractivity contribution >= 4 is 102 Å². The molecule has 0 saturated carbocycles. The lowest BCUT2D eigenvalue weighted by Crippen LogP contribution is -2.50. The Morgan fingerprint density at radius 1 is 0.907 bits per heavy atom. The van der Waals surface area contributed by atoms with Crippen molar-refractivity contribution in [3.63, 3.8) is 0 Å². The number of para-hydroxylation sites is 1. The second-order valence-corrected chi connectivity index (χ2v) is 23.5. The molecule has 0 aliphatic carbocycles. The van der Waals surface area contributed by atoms with Gasteiger partial charge in [-0.3, -0.25) is 28.9 Å². The number of thiazole rings is 2. The van der Waals surface area contributed by atoms with Gasteiger partial charge in [0.25, 0.3) is 11.8 Å². The monoisotopic (exact) mass is 1220 g/mol. The molecule has 3 aromatic carbocycles. The number of imide groups is 1. The number of carboxylic acids is 1. The number of urea groups is 1. The zero-order valence-corrected chi connectivity index (χ0v) is 50.4. The second kappa shape index (κ2) is 30.8. The Hall–Kier alpha value is -8.90. The van der Waals surface area contributed by atoms with Crippen molar-refractivity contribution < 1.29 is 57.0 Å². The number of hydrogen-bond donors (Lipinski definition) is 7. The quantitative estimate of drug-likeness (QED) is 0.0102. The summed E-state index contributed by atoms with van der Waals surface area (Å²) < 4.78 is 28.0. The number of aromatic carboxylic acids is 1. The van der Waals surface area contributed by atoms with Crippen molar-refractivity contribution in [3.05, 3.63) is 118 Å². The van der Waals surface area contributed by atoms with E-state index in [0.717, 1.165) is 26.2 Å². The molecule has 26 heteroatoms. The molecule has 7 amide bonds. The van der Waals surface area contributed by atoms with Crippen LogP contribution in [-0.4, -0.2) is 149 Å². The van der Waals surface area contributed by atoms with Gasteiger partial charge in [0.2, 0.25) is 17.7 Å². The van der Waals surface area contributed by atoms with E-state index in [1.165, 1.54) is 47.0 Å². The van der Waals surface area contributed by atoms with Crippen molar-refractivity contribution in [2.24, 2.45) is 17.6 Å². The van der Waals surface area contributed by atoms with Crippen LogP contribution in [0.4, 0.5) is 36.8 Å². The number of nitrogens with zero attached hydrogens (tertiary/aromatic N) is 7. The van der Waals surface area contributed by atoms with E-state index in [2.05, 4.69) is 58.6 Å². The summed E-state index contributed by atoms with van der Waals surface area (Å²) in [5, 5.41) is 34.2. The largest absolute Gasteiger partial charge is 0.491 e. The number of aryl methyl sites for hydroxylation is 2. The first-order valence-corrected chi connectivity index (χ1v) is 29.5. The molecule has 2 atom stereocenters. The number of carboxylic acid groups (broad SMARTS) is 1. The molecule has 0 fully saturated rings. The average Bonchev–Trinajstić information content (AvgIpc) is 2.70. The number of quaternary nitrogens is 1. The lowest BCUT2D eigenvalue weighted by Gasteiger charge is -2.27. The Morgan fingerprint density at radius 3 is 2.36 bits per heavy atom. The van der Waals surface area contributed by atoms with Gasteiger partial charge < -0.3 is 56.3 Å². The third kappa shape index (κ3) is 19.3. The predicted octanol–water partition coefficient (Wildman–Crippen LogP) is 6.82. The zero-order chi connectivity index (χ0) is 61.9. The lowest BCUT2D eigenvalue weighted by atomic mass is 9.97. The Kier molecular flexibility index (Phi) is 23.1. The fourth-order valence-electron chi connectivity index (χ4n) is 8.98. The molecule has 0 bridgehead atoms. The second-order valence-electron chi connectivity index (χ2n) is 21.4. The minimum atomic E-state index is -1.16. The van der Waals surface area contributed by atoms with E-state index in [1.807, 2.05) is 63.5 Å². The summed E-state index contributed by atoms with van der Waals surface area (Å²) in [5.74, 6) is 2.96. The summed E-state index contributed by atoms with van der Waals surface area (Å²) >= 11 is 2.73. The molecular weight excluding hydrogens is 1150 g/mol. The van der Waals surface area contributed by atoms with E-state index < -0.39 is 47.5 Å². The molecule has 0 saturated heterocycles. The lowest BCUT2D eigenvalue weighted by molar-refractivity contribution is -0.896. The van der Waals surface area contributed by atoms with Crippen LogP contribution in [0, 0.1) is 36.4 Å². The Morgan fingerprint density at radius 2 is 1.66 bits per heavy atom. The molecule has 23 nitrogen and oxygen atoms in total. The first-order valence-electron chi connectivity index (χ1n) is 27.9. The summed E-state index contributed by atoms with van der Waals surface area (Å²) in [6.07, 6.45) is 4.04. The smallest absolute Gasteiger partial charge is 0.355 e. The van der Waals surface area contributed by atoms with Crippen LogP contribution < -0.4 is 42.0 Å². The van der Waals surface area contributed by atoms with Crippen molar-refractivity contribution in [1.82, 2.24) is 41.0 Å². The molecule has 86 heavy (non-hydrogen) atoms. The number of nitrogens with two attached hydrogens (primary N) is 1. The minimum absolute atomic E-state index is 0.0128. The van der Waals surface area contributed by atoms with E-state index in [9.17, 15) is 38.7 Å². The number of aromatic nitrogens is 4. The first kappa shape index (κ1) is 64.7. The fraction of sp³-hybridized carbons (Fsp3) is 0.383. The van der Waals surface area contributed by atoms with Gasteiger partial charge in [-0.15, -0.1) is 21.5 Å². The number of anilines is 5. The Balaban J connectivity index is 0.832. The highest BCUT2D eigenvalue weighted by Crippen LogP contribution is 2.33. The van der Waals surface area contributed by atoms with Gasteiger partial charge in [0, 0.05) is 66.8 Å². The number of carbonyl (C=O) groups is 7. The highest BCUT2D eigenvalue weighted by molar-refractivity contribution is 7.22. The van der Waals surface area contributed by atoms with E-state index in [4.69, 9.17) is 15.2 Å². The molecule has 6 aromatic rings. The predicted molar refractivity (Wildman–Crippen MR) is 326 cm³/mol. The molecule has 4 heterocycles. The van der Waals surface area contributed by atoms with Crippen molar-refractivity contribution in [3.8, 4) is 17.6 Å². The number of carbonyl (C=O) groups excluding carboxylic acids is 6. The third-order valence-electron chi connectivity index (χ3n) is 13.6. The van der Waals surface area contributed by atoms with Crippen molar-refractivity contribution in [1.29, 1.82) is 0 Å². The molecular formula is C60H71FN13O10S2+. The number of ether oxygens (including phenoxy) is 2. The standard InChI is InChI=1S/C60H70FN13O10S2/c1-37(2)53(67-49(75)25-30-83-31-27-73-51(77)23-24-52(73)78)56(79)64-35-41(12-9-26-63-58(62)82)34-50(76)65-42-20-17-40(18-21-42)36-74(5,6)28-10-13-39-19-22-45(43(61)33-39)84-29-11-16-47-54(57(80)81)68-60(86-47)72(4)48-32-38(3)55(71-70-48)69-59-66-44-14-7-8-15-46(44)85-59/h7-8,14-15,17-24,32-33,37,41,53H,9,11-12,16,25-31,34-36H2,1-6H3,(H7-,62,63,64,65,66,67,69,71,75,76,79,80,81,82)/p+1/t41-,53-/m0/s1. The van der Waals surface area contributed by atoms with Crippen LogP contribution in [0.3, 0.4) is 0 Å². The summed E-state index contributed by atoms with van der Waals surface area (Å²) in [6, 6.07) is 20.1. The molecule has 1 aliphatic heterocycles. The maximum absolute atomic E-state index is 15.3. The number of halogens is 1. The van der Waals surface area contributed by atoms with E-state index in [0.29, 0.717) is 81.3 Å². The topological polar surface area (TPSA) is 302 Å². The number of nitrogens with one attached hydrogen (secondary N) is 5. The van der Waals surface area contributed by atoms with Gasteiger partial charge in [0.15, 0.2) is 39.2 Å². The number of fused-ring (bicyclic) bond motifs is 1. The molecule has 0 unspecified atom stereocenters. The Labute approximate surface area is 505 Å². The maximum Gasteiger partial charge on any atom is 0.355 e. The summed E-state index contributed by atoms with van der Waals surface area (Å²) in [5.41, 5.74) is 8.89. The van der Waals surface area contributed by atoms with Crippen LogP contribution in [0.2, 0.25) is 0 Å². The molecule has 7 rings (SSSR count). The highest BCUT2D eigenvalue weighted by Gasteiger charge is 2.27. The van der Waals surface area contributed by atoms with E-state index in [1.54, 1.807) is 44.0 Å². The van der Waals surface area contributed by atoms with E-state index >= 15 is 4.39 Å². The highest BCUT2D eigenvalue weighted by atomic mass is 32.1. The van der Waals surface area contributed by atoms with Gasteiger partial charge in [0.05, 0.1) is 50.7 Å². The van der Waals surface area contributed by atoms with Crippen molar-refractivity contribution in [2.45, 2.75) is 71.9 Å². The van der Waals surface area contributed by atoms with Crippen LogP contribution in [0.1, 0.15) is 78.0 Å². The van der Waals surface area contributed by atoms with Crippen LogP contribution >= 0.6 is 22.7 Å². The number of benzene rings is 3. The molecule has 0 radical (unpaired) electrons. The normalized spacial score (nSPS) is 12.8. The number of primary amides is 1. The SMILES string of the molecule is Cc1cc(N(C)c2nc(C(=O)O)c(CCCOc3ccc(C#CC[N+](C)(C)Cc4ccc(NC(=O)C[C@H](CCCNC(N)=O)CNC(=O)[C@@H](NC(=O)CCOCCN5C(=O)C=CC5=O)C(C)C)cc4)cc3F)s2)nnc1Nc1nc2ccccc2s1. The average molecular weight is 1220 g/mol. The third-order valence-corrected chi connectivity index (χ3v) is 15.7. The van der Waals surface area contributed by atoms with Crippen LogP contribution in [0.15, 0.2) is 84.9 Å². The van der Waals surface area contributed by atoms with Gasteiger partial charge in [-0.25, -0.2) is 23.9 Å². The molecule has 0 spiro atoms. The van der Waals surface area contributed by atoms with Crippen LogP contribution in [0.25, 0.3) is 10.2 Å². The summed E-state index contributed by atoms with van der Waals surface area (Å²) in [4.78, 5) is 98.8. The van der Waals surface area contributed by atoms with Gasteiger partial charge >= 0.3 is 12.0 Å². The fourth-order valence-corrected chi connectivity index (χ4v) is 10.9. The summed E-state index contributed by atoms with van der Waals surface area (Å²) in [7, 11) is 5.78. The molecule has 1 aliphatic rings. The maximum atomic E-state index is 15.3. The van der Waals surface area contributed by atoms with E-state index in [-0.39, 0.29) is 81.5 Å². The number of rotatable bonds is 31. The van der Waals surface area contributed by atoms with Crippen LogP contribution in [-0.2, 0) is 41.7 Å². The van der Waals surface area contributed by atoms with Gasteiger partial charge in [-0.05, 0) is 104 Å². The number of hydrogen-bond acceptors (Lipinski definition) is 17. The molecule has 8 N–H and O–H groups in total. The molecule has 454 valence electrons. The zero-order valence-electron chi connectivity index (χ0n) is 48.7. The number of amides is 7. The first-order chi connectivity index (χ1) is 41.1. The van der Waals surface area contributed by atoms with Crippen LogP contribution in [0.5, 0.6) is 5.75 Å².